The van der Waals surface area contributed by atoms with E-state index in [-0.39, 0.29) is 5.96 Å². The van der Waals surface area contributed by atoms with Gasteiger partial charge in [0.05, 0.1) is 5.70 Å². The van der Waals surface area contributed by atoms with E-state index in [1.165, 1.54) is 0 Å². The lowest BCUT2D eigenvalue weighted by Gasteiger charge is -2.30. The van der Waals surface area contributed by atoms with Gasteiger partial charge in [-0.25, -0.2) is 4.99 Å². The van der Waals surface area contributed by atoms with Crippen molar-refractivity contribution in [3.8, 4) is 0 Å². The monoisotopic (exact) mass is 229 g/mol. The zero-order chi connectivity index (χ0) is 11.8. The highest BCUT2D eigenvalue weighted by molar-refractivity contribution is 5.82. The van der Waals surface area contributed by atoms with Crippen LogP contribution in [0, 0.1) is 0 Å². The number of rotatable bonds is 1. The third-order valence-electron chi connectivity index (χ3n) is 2.27. The predicted octanol–water partition coefficient (Wildman–Crippen LogP) is 1.91. The van der Waals surface area contributed by atoms with Crippen molar-refractivity contribution in [1.82, 2.24) is 4.90 Å². The van der Waals surface area contributed by atoms with Gasteiger partial charge in [0, 0.05) is 12.1 Å². The minimum atomic E-state index is -4.29. The van der Waals surface area contributed by atoms with Crippen LogP contribution in [0.1, 0.15) is 6.42 Å². The fraction of sp³-hybridized carbons (Fsp3) is 0.300. The van der Waals surface area contributed by atoms with Gasteiger partial charge in [0.1, 0.15) is 6.54 Å². The molecule has 3 nitrogen and oxygen atoms in total. The first-order valence-electron chi connectivity index (χ1n) is 4.70. The maximum atomic E-state index is 12.3. The summed E-state index contributed by atoms with van der Waals surface area (Å²) in [5.74, 6) is -0.107. The number of allylic oxidation sites excluding steroid dienone is 4. The van der Waals surface area contributed by atoms with Gasteiger partial charge in [-0.1, -0.05) is 12.2 Å². The average molecular weight is 229 g/mol. The van der Waals surface area contributed by atoms with E-state index in [1.807, 2.05) is 0 Å². The molecule has 16 heavy (non-hydrogen) atoms. The number of fused-ring (bicyclic) bond motifs is 2. The Morgan fingerprint density at radius 1 is 1.31 bits per heavy atom. The fourth-order valence-corrected chi connectivity index (χ4v) is 1.62. The Labute approximate surface area is 90.4 Å². The molecule has 2 N–H and O–H groups in total. The van der Waals surface area contributed by atoms with Crippen LogP contribution in [-0.2, 0) is 0 Å². The lowest BCUT2D eigenvalue weighted by atomic mass is 10.2. The van der Waals surface area contributed by atoms with Gasteiger partial charge in [-0.2, -0.15) is 13.2 Å². The summed E-state index contributed by atoms with van der Waals surface area (Å²) in [6, 6.07) is 0. The molecule has 0 radical (unpaired) electrons. The molecular weight excluding hydrogens is 219 g/mol. The second-order valence-corrected chi connectivity index (χ2v) is 3.55. The number of alkyl halides is 3. The third kappa shape index (κ3) is 2.26. The summed E-state index contributed by atoms with van der Waals surface area (Å²) in [4.78, 5) is 4.91. The third-order valence-corrected chi connectivity index (χ3v) is 2.27. The minimum absolute atomic E-state index is 0.107. The van der Waals surface area contributed by atoms with Crippen molar-refractivity contribution in [2.75, 3.05) is 6.54 Å². The first-order valence-corrected chi connectivity index (χ1v) is 4.70. The summed E-state index contributed by atoms with van der Waals surface area (Å²) in [7, 11) is 0. The maximum Gasteiger partial charge on any atom is 0.406 e. The largest absolute Gasteiger partial charge is 0.406 e. The van der Waals surface area contributed by atoms with Gasteiger partial charge in [-0.15, -0.1) is 0 Å². The number of nitrogens with zero attached hydrogens (tertiary/aromatic N) is 2. The van der Waals surface area contributed by atoms with Crippen LogP contribution in [0.4, 0.5) is 13.2 Å². The lowest BCUT2D eigenvalue weighted by Crippen LogP contribution is -2.44. The molecule has 2 aliphatic rings. The molecule has 1 aliphatic heterocycles. The minimum Gasteiger partial charge on any atom is -0.369 e. The summed E-state index contributed by atoms with van der Waals surface area (Å²) in [5, 5.41) is 0. The molecule has 0 saturated heterocycles. The number of hydrogen-bond acceptors (Lipinski definition) is 3. The van der Waals surface area contributed by atoms with E-state index in [0.717, 1.165) is 4.90 Å². The van der Waals surface area contributed by atoms with Gasteiger partial charge in [0.15, 0.2) is 0 Å². The number of guanidine groups is 1. The summed E-state index contributed by atoms with van der Waals surface area (Å²) in [6.07, 6.45) is 2.86. The van der Waals surface area contributed by atoms with Gasteiger partial charge in [0.2, 0.25) is 5.96 Å². The van der Waals surface area contributed by atoms with Crippen LogP contribution >= 0.6 is 0 Å². The Hall–Kier alpha value is -1.72. The van der Waals surface area contributed by atoms with E-state index < -0.39 is 12.7 Å². The Kier molecular flexibility index (Phi) is 2.49. The van der Waals surface area contributed by atoms with Crippen LogP contribution in [0.2, 0.25) is 0 Å². The van der Waals surface area contributed by atoms with E-state index in [0.29, 0.717) is 17.8 Å². The number of aliphatic imine (C=N–C) groups is 1. The Balaban J connectivity index is 2.32. The maximum absolute atomic E-state index is 12.3. The van der Waals surface area contributed by atoms with Crippen LogP contribution in [0.15, 0.2) is 40.7 Å². The lowest BCUT2D eigenvalue weighted by molar-refractivity contribution is -0.135. The van der Waals surface area contributed by atoms with Crippen molar-refractivity contribution in [1.29, 1.82) is 0 Å². The molecule has 0 saturated carbocycles. The van der Waals surface area contributed by atoms with Crippen LogP contribution in [0.5, 0.6) is 0 Å². The van der Waals surface area contributed by atoms with Crippen molar-refractivity contribution in [3.63, 3.8) is 0 Å². The predicted molar refractivity (Wildman–Crippen MR) is 54.3 cm³/mol. The molecule has 0 atom stereocenters. The van der Waals surface area contributed by atoms with Crippen molar-refractivity contribution in [2.24, 2.45) is 10.7 Å². The Bertz CT molecular complexity index is 416. The highest BCUT2D eigenvalue weighted by atomic mass is 19.4. The molecule has 2 bridgehead atoms. The van der Waals surface area contributed by atoms with Gasteiger partial charge in [-0.05, 0) is 12.2 Å². The highest BCUT2D eigenvalue weighted by Gasteiger charge is 2.34. The number of hydrogen-bond donors (Lipinski definition) is 1. The summed E-state index contributed by atoms with van der Waals surface area (Å²) < 4.78 is 37.0. The topological polar surface area (TPSA) is 41.6 Å². The molecule has 0 amide bonds. The van der Waals surface area contributed by atoms with E-state index in [4.69, 9.17) is 5.73 Å². The second-order valence-electron chi connectivity index (χ2n) is 3.55. The SMILES string of the molecule is NC1=NC2=CC=CC=C(C2)N1CC(F)(F)F. The van der Waals surface area contributed by atoms with Gasteiger partial charge < -0.3 is 10.6 Å². The fourth-order valence-electron chi connectivity index (χ4n) is 1.62. The highest BCUT2D eigenvalue weighted by Crippen LogP contribution is 2.27. The van der Waals surface area contributed by atoms with E-state index in [2.05, 4.69) is 4.99 Å². The molecule has 1 aliphatic carbocycles. The summed E-state index contributed by atoms with van der Waals surface area (Å²) in [6.45, 7) is -1.10. The summed E-state index contributed by atoms with van der Waals surface area (Å²) >= 11 is 0. The Morgan fingerprint density at radius 2 is 2.00 bits per heavy atom. The number of nitrogens with two attached hydrogens (primary N) is 1. The first-order chi connectivity index (χ1) is 7.46. The van der Waals surface area contributed by atoms with Crippen molar-refractivity contribution >= 4 is 5.96 Å². The molecule has 86 valence electrons. The molecular formula is C10H10F3N3. The Morgan fingerprint density at radius 3 is 2.69 bits per heavy atom. The molecule has 0 fully saturated rings. The van der Waals surface area contributed by atoms with E-state index in [9.17, 15) is 13.2 Å². The normalized spacial score (nSPS) is 19.9. The standard InChI is InChI=1S/C10H10F3N3/c11-10(12,13)6-16-8-4-2-1-3-7(5-8)15-9(16)14/h1-4H,5-6H2,(H2,14,15). The molecule has 0 unspecified atom stereocenters. The van der Waals surface area contributed by atoms with Crippen molar-refractivity contribution < 1.29 is 13.2 Å². The molecule has 6 heteroatoms. The molecule has 0 aromatic rings. The van der Waals surface area contributed by atoms with Crippen LogP contribution in [-0.4, -0.2) is 23.6 Å². The van der Waals surface area contributed by atoms with Gasteiger partial charge in [0.25, 0.3) is 0 Å². The van der Waals surface area contributed by atoms with Gasteiger partial charge >= 0.3 is 6.18 Å². The van der Waals surface area contributed by atoms with E-state index in [1.54, 1.807) is 24.3 Å². The molecule has 0 spiro atoms. The van der Waals surface area contributed by atoms with E-state index >= 15 is 0 Å². The number of halogens is 3. The molecule has 1 heterocycles. The molecule has 0 aromatic heterocycles. The summed E-state index contributed by atoms with van der Waals surface area (Å²) in [5.41, 5.74) is 6.71. The molecule has 2 rings (SSSR count). The zero-order valence-corrected chi connectivity index (χ0v) is 8.33. The molecule has 0 aromatic carbocycles. The first kappa shape index (κ1) is 10.8. The second kappa shape index (κ2) is 3.70. The van der Waals surface area contributed by atoms with Crippen molar-refractivity contribution in [2.45, 2.75) is 12.6 Å². The smallest absolute Gasteiger partial charge is 0.369 e. The van der Waals surface area contributed by atoms with Crippen LogP contribution in [0.25, 0.3) is 0 Å². The van der Waals surface area contributed by atoms with Crippen LogP contribution in [0.3, 0.4) is 0 Å². The average Bonchev–Trinajstić information content (AvgIpc) is 2.34. The van der Waals surface area contributed by atoms with Gasteiger partial charge in [-0.3, -0.25) is 0 Å². The van der Waals surface area contributed by atoms with Crippen LogP contribution < -0.4 is 5.73 Å². The zero-order valence-electron chi connectivity index (χ0n) is 8.33. The van der Waals surface area contributed by atoms with Crippen molar-refractivity contribution in [3.05, 3.63) is 35.7 Å². The quantitative estimate of drug-likeness (QED) is 0.746.